The molecule has 0 saturated carbocycles. The van der Waals surface area contributed by atoms with Crippen LogP contribution in [-0.2, 0) is 0 Å². The van der Waals surface area contributed by atoms with Crippen molar-refractivity contribution in [3.05, 3.63) is 28.0 Å². The molecular weight excluding hydrogens is 106 g/mol. The van der Waals surface area contributed by atoms with Gasteiger partial charge in [-0.05, 0) is 11.8 Å². The first-order valence-electron chi connectivity index (χ1n) is 2.13. The lowest BCUT2D eigenvalue weighted by Crippen LogP contribution is -1.53. The molecule has 0 atom stereocenters. The second kappa shape index (κ2) is 2.07. The Morgan fingerprint density at radius 1 is 1.86 bits per heavy atom. The molecule has 1 heterocycles. The molecule has 0 fully saturated rings. The predicted molar refractivity (Wildman–Crippen MR) is 33.8 cm³/mol. The molecule has 0 amide bonds. The van der Waals surface area contributed by atoms with Crippen LogP contribution in [0.15, 0.2) is 23.3 Å². The summed E-state index contributed by atoms with van der Waals surface area (Å²) in [5.41, 5.74) is 0. The van der Waals surface area contributed by atoms with E-state index in [-0.39, 0.29) is 0 Å². The number of hydrogen-bond acceptors (Lipinski definition) is 1. The third kappa shape index (κ3) is 0.996. The standard InChI is InChI=1S/C5H6NS/c1-2-5-3-4-6-7-5/h2-4H,1H3/q-1. The quantitative estimate of drug-likeness (QED) is 0.439. The van der Waals surface area contributed by atoms with Gasteiger partial charge in [0.1, 0.15) is 0 Å². The lowest BCUT2D eigenvalue weighted by Gasteiger charge is -2.03. The van der Waals surface area contributed by atoms with Crippen LogP contribution in [0.3, 0.4) is 0 Å². The van der Waals surface area contributed by atoms with E-state index in [1.165, 1.54) is 16.9 Å². The topological polar surface area (TPSA) is 14.1 Å². The zero-order valence-corrected chi connectivity index (χ0v) is 4.90. The number of allylic oxidation sites excluding steroid dienone is 2. The first kappa shape index (κ1) is 4.78. The third-order valence-corrected chi connectivity index (χ3v) is 1.55. The van der Waals surface area contributed by atoms with Gasteiger partial charge in [-0.2, -0.15) is 6.20 Å². The SMILES string of the molecule is CC=C1C=C[N-]S1. The largest absolute Gasteiger partial charge is 0.633 e. The van der Waals surface area contributed by atoms with Crippen molar-refractivity contribution in [3.63, 3.8) is 0 Å². The van der Waals surface area contributed by atoms with Crippen LogP contribution >= 0.6 is 11.9 Å². The van der Waals surface area contributed by atoms with Crippen LogP contribution in [0.2, 0.25) is 0 Å². The molecule has 1 nitrogen and oxygen atoms in total. The van der Waals surface area contributed by atoms with E-state index in [0.29, 0.717) is 0 Å². The van der Waals surface area contributed by atoms with Crippen LogP contribution in [0, 0.1) is 0 Å². The van der Waals surface area contributed by atoms with E-state index >= 15 is 0 Å². The third-order valence-electron chi connectivity index (χ3n) is 0.742. The predicted octanol–water partition coefficient (Wildman–Crippen LogP) is 2.44. The highest BCUT2D eigenvalue weighted by molar-refractivity contribution is 8.06. The van der Waals surface area contributed by atoms with Gasteiger partial charge in [0.2, 0.25) is 0 Å². The van der Waals surface area contributed by atoms with Gasteiger partial charge in [-0.1, -0.05) is 12.2 Å². The van der Waals surface area contributed by atoms with Crippen LogP contribution in [0.4, 0.5) is 0 Å². The molecule has 7 heavy (non-hydrogen) atoms. The molecule has 0 spiro atoms. The maximum atomic E-state index is 3.90. The monoisotopic (exact) mass is 112 g/mol. The van der Waals surface area contributed by atoms with E-state index in [1.54, 1.807) is 6.20 Å². The van der Waals surface area contributed by atoms with E-state index in [9.17, 15) is 0 Å². The molecule has 0 saturated heterocycles. The minimum absolute atomic E-state index is 1.24. The Morgan fingerprint density at radius 3 is 3.00 bits per heavy atom. The maximum Gasteiger partial charge on any atom is -0.0156 e. The Hall–Kier alpha value is -0.370. The number of hydrogen-bond donors (Lipinski definition) is 0. The summed E-state index contributed by atoms with van der Waals surface area (Å²) >= 11 is 1.52. The average Bonchev–Trinajstić information content (AvgIpc) is 2.14. The molecule has 0 radical (unpaired) electrons. The Morgan fingerprint density at radius 2 is 2.71 bits per heavy atom. The molecule has 1 aliphatic heterocycles. The highest BCUT2D eigenvalue weighted by atomic mass is 32.2. The highest BCUT2D eigenvalue weighted by Crippen LogP contribution is 2.29. The van der Waals surface area contributed by atoms with Gasteiger partial charge in [-0.15, -0.1) is 0 Å². The summed E-state index contributed by atoms with van der Waals surface area (Å²) in [7, 11) is 0. The van der Waals surface area contributed by atoms with Gasteiger partial charge in [0.15, 0.2) is 0 Å². The normalized spacial score (nSPS) is 23.3. The summed E-state index contributed by atoms with van der Waals surface area (Å²) in [6.45, 7) is 2.01. The van der Waals surface area contributed by atoms with Crippen molar-refractivity contribution >= 4 is 11.9 Å². The van der Waals surface area contributed by atoms with Crippen LogP contribution in [0.25, 0.3) is 4.72 Å². The Kier molecular flexibility index (Phi) is 1.42. The molecule has 1 aliphatic rings. The van der Waals surface area contributed by atoms with Crippen LogP contribution in [-0.4, -0.2) is 0 Å². The van der Waals surface area contributed by atoms with Crippen LogP contribution < -0.4 is 0 Å². The molecule has 0 unspecified atom stereocenters. The number of rotatable bonds is 0. The number of nitrogens with zero attached hydrogens (tertiary/aromatic N) is 1. The molecule has 1 rings (SSSR count). The molecule has 0 N–H and O–H groups in total. The lowest BCUT2D eigenvalue weighted by atomic mass is 10.5. The van der Waals surface area contributed by atoms with Crippen LogP contribution in [0.5, 0.6) is 0 Å². The van der Waals surface area contributed by atoms with E-state index < -0.39 is 0 Å². The van der Waals surface area contributed by atoms with Gasteiger partial charge in [-0.3, -0.25) is 0 Å². The molecular formula is C5H6NS-. The van der Waals surface area contributed by atoms with Gasteiger partial charge in [-0.25, -0.2) is 11.9 Å². The summed E-state index contributed by atoms with van der Waals surface area (Å²) in [4.78, 5) is 1.24. The molecule has 2 heteroatoms. The summed E-state index contributed by atoms with van der Waals surface area (Å²) < 4.78 is 3.90. The summed E-state index contributed by atoms with van der Waals surface area (Å²) in [6, 6.07) is 0. The van der Waals surface area contributed by atoms with Crippen molar-refractivity contribution in [2.75, 3.05) is 0 Å². The maximum absolute atomic E-state index is 3.90. The van der Waals surface area contributed by atoms with Crippen molar-refractivity contribution in [1.82, 2.24) is 0 Å². The van der Waals surface area contributed by atoms with E-state index in [4.69, 9.17) is 0 Å². The van der Waals surface area contributed by atoms with Gasteiger partial charge < -0.3 is 4.72 Å². The molecule has 0 aromatic carbocycles. The van der Waals surface area contributed by atoms with E-state index in [1.807, 2.05) is 19.1 Å². The first-order chi connectivity index (χ1) is 3.43. The fourth-order valence-corrected chi connectivity index (χ4v) is 0.845. The first-order valence-corrected chi connectivity index (χ1v) is 2.91. The minimum Gasteiger partial charge on any atom is -0.633 e. The van der Waals surface area contributed by atoms with E-state index in [2.05, 4.69) is 4.72 Å². The fourth-order valence-electron chi connectivity index (χ4n) is 0.375. The zero-order valence-electron chi connectivity index (χ0n) is 4.09. The lowest BCUT2D eigenvalue weighted by molar-refractivity contribution is 1.72. The Bertz CT molecular complexity index is 112. The van der Waals surface area contributed by atoms with Crippen LogP contribution in [0.1, 0.15) is 6.92 Å². The second-order valence-electron chi connectivity index (χ2n) is 1.20. The average molecular weight is 112 g/mol. The summed E-state index contributed by atoms with van der Waals surface area (Å²) in [5, 5.41) is 0. The molecule has 0 aromatic heterocycles. The summed E-state index contributed by atoms with van der Waals surface area (Å²) in [5.74, 6) is 0. The second-order valence-corrected chi connectivity index (χ2v) is 2.07. The molecule has 0 bridgehead atoms. The molecule has 0 aliphatic carbocycles. The van der Waals surface area contributed by atoms with Gasteiger partial charge in [0.25, 0.3) is 0 Å². The van der Waals surface area contributed by atoms with Gasteiger partial charge >= 0.3 is 0 Å². The molecule has 38 valence electrons. The highest BCUT2D eigenvalue weighted by Gasteiger charge is 1.82. The Balaban J connectivity index is 2.59. The van der Waals surface area contributed by atoms with Crippen molar-refractivity contribution in [3.8, 4) is 0 Å². The smallest absolute Gasteiger partial charge is 0.0156 e. The minimum atomic E-state index is 1.24. The van der Waals surface area contributed by atoms with Crippen molar-refractivity contribution < 1.29 is 0 Å². The van der Waals surface area contributed by atoms with Crippen molar-refractivity contribution in [1.29, 1.82) is 0 Å². The van der Waals surface area contributed by atoms with E-state index in [0.717, 1.165) is 0 Å². The Labute approximate surface area is 47.6 Å². The summed E-state index contributed by atoms with van der Waals surface area (Å²) in [6.07, 6.45) is 5.84. The van der Waals surface area contributed by atoms with Gasteiger partial charge in [0.05, 0.1) is 0 Å². The zero-order chi connectivity index (χ0) is 5.11. The van der Waals surface area contributed by atoms with Crippen molar-refractivity contribution in [2.24, 2.45) is 0 Å². The van der Waals surface area contributed by atoms with Crippen molar-refractivity contribution in [2.45, 2.75) is 6.92 Å². The van der Waals surface area contributed by atoms with Gasteiger partial charge in [0, 0.05) is 0 Å². The molecule has 0 aromatic rings. The fraction of sp³-hybridized carbons (Fsp3) is 0.200.